The van der Waals surface area contributed by atoms with E-state index in [1.165, 1.54) is 5.69 Å². The molecule has 0 atom stereocenters. The highest BCUT2D eigenvalue weighted by atomic mass is 16.1. The number of benzene rings is 2. The average molecular weight is 387 g/mol. The molecule has 0 spiro atoms. The van der Waals surface area contributed by atoms with E-state index in [-0.39, 0.29) is 5.91 Å². The van der Waals surface area contributed by atoms with E-state index in [1.54, 1.807) is 6.07 Å². The van der Waals surface area contributed by atoms with Crippen molar-refractivity contribution in [1.29, 1.82) is 0 Å². The number of para-hydroxylation sites is 1. The van der Waals surface area contributed by atoms with E-state index in [9.17, 15) is 4.79 Å². The molecule has 3 aromatic rings. The monoisotopic (exact) mass is 387 g/mol. The van der Waals surface area contributed by atoms with Gasteiger partial charge in [-0.3, -0.25) is 4.79 Å². The van der Waals surface area contributed by atoms with Gasteiger partial charge >= 0.3 is 0 Å². The fourth-order valence-electron chi connectivity index (χ4n) is 3.52. The van der Waals surface area contributed by atoms with Crippen molar-refractivity contribution in [3.8, 4) is 0 Å². The van der Waals surface area contributed by atoms with Crippen molar-refractivity contribution in [1.82, 2.24) is 10.2 Å². The number of aromatic nitrogens is 2. The molecule has 1 saturated heterocycles. The molecule has 2 aromatic carbocycles. The Morgan fingerprint density at radius 3 is 2.24 bits per heavy atom. The van der Waals surface area contributed by atoms with Crippen LogP contribution in [-0.4, -0.2) is 42.3 Å². The molecule has 1 N–H and O–H groups in total. The van der Waals surface area contributed by atoms with Crippen LogP contribution in [0.5, 0.6) is 0 Å². The Morgan fingerprint density at radius 1 is 0.828 bits per heavy atom. The van der Waals surface area contributed by atoms with Gasteiger partial charge < -0.3 is 15.1 Å². The molecular weight excluding hydrogens is 362 g/mol. The summed E-state index contributed by atoms with van der Waals surface area (Å²) in [6.45, 7) is 7.63. The van der Waals surface area contributed by atoms with Gasteiger partial charge in [0.25, 0.3) is 5.91 Å². The van der Waals surface area contributed by atoms with E-state index in [0.717, 1.165) is 48.8 Å². The van der Waals surface area contributed by atoms with Gasteiger partial charge in [-0.15, -0.1) is 10.2 Å². The third-order valence-electron chi connectivity index (χ3n) is 5.46. The van der Waals surface area contributed by atoms with Crippen molar-refractivity contribution < 1.29 is 4.79 Å². The van der Waals surface area contributed by atoms with Gasteiger partial charge in [0.2, 0.25) is 0 Å². The summed E-state index contributed by atoms with van der Waals surface area (Å²) in [5.41, 5.74) is 4.56. The molecule has 0 saturated carbocycles. The summed E-state index contributed by atoms with van der Waals surface area (Å²) in [7, 11) is 0. The first-order valence-electron chi connectivity index (χ1n) is 9.88. The Kier molecular flexibility index (Phi) is 5.42. The van der Waals surface area contributed by atoms with Gasteiger partial charge in [-0.2, -0.15) is 0 Å². The van der Waals surface area contributed by atoms with E-state index in [4.69, 9.17) is 0 Å². The molecule has 148 valence electrons. The van der Waals surface area contributed by atoms with Gasteiger partial charge in [-0.25, -0.2) is 0 Å². The Bertz CT molecular complexity index is 980. The van der Waals surface area contributed by atoms with Crippen LogP contribution < -0.4 is 15.1 Å². The second-order valence-electron chi connectivity index (χ2n) is 7.29. The molecule has 0 unspecified atom stereocenters. The summed E-state index contributed by atoms with van der Waals surface area (Å²) in [6.07, 6.45) is 0. The number of carbonyl (C=O) groups is 1. The van der Waals surface area contributed by atoms with Crippen molar-refractivity contribution in [2.45, 2.75) is 13.8 Å². The van der Waals surface area contributed by atoms with E-state index in [2.05, 4.69) is 49.6 Å². The fourth-order valence-corrected chi connectivity index (χ4v) is 3.52. The Labute approximate surface area is 171 Å². The van der Waals surface area contributed by atoms with Crippen LogP contribution in [-0.2, 0) is 0 Å². The molecule has 1 aliphatic rings. The number of carbonyl (C=O) groups excluding carboxylic acids is 1. The molecule has 2 heterocycles. The van der Waals surface area contributed by atoms with E-state index in [1.807, 2.05) is 44.2 Å². The lowest BCUT2D eigenvalue weighted by Crippen LogP contribution is -2.46. The van der Waals surface area contributed by atoms with Crippen molar-refractivity contribution in [2.24, 2.45) is 0 Å². The summed E-state index contributed by atoms with van der Waals surface area (Å²) in [5, 5.41) is 11.4. The Hall–Kier alpha value is -3.41. The van der Waals surface area contributed by atoms with Crippen molar-refractivity contribution in [2.75, 3.05) is 41.3 Å². The largest absolute Gasteiger partial charge is 0.368 e. The van der Waals surface area contributed by atoms with Crippen molar-refractivity contribution in [3.63, 3.8) is 0 Å². The number of aryl methyl sites for hydroxylation is 1. The SMILES string of the molecule is Cc1cccc(NC(=O)c2ccc(N3CCN(c4ccccc4)CC3)nn2)c1C. The zero-order chi connectivity index (χ0) is 20.2. The summed E-state index contributed by atoms with van der Waals surface area (Å²) in [5.74, 6) is 0.563. The van der Waals surface area contributed by atoms with Crippen LogP contribution in [0.15, 0.2) is 60.7 Å². The number of nitrogens with zero attached hydrogens (tertiary/aromatic N) is 4. The van der Waals surface area contributed by atoms with Gasteiger partial charge in [0.15, 0.2) is 11.5 Å². The maximum atomic E-state index is 12.5. The molecule has 0 bridgehead atoms. The van der Waals surface area contributed by atoms with Crippen LogP contribution in [0.2, 0.25) is 0 Å². The fraction of sp³-hybridized carbons (Fsp3) is 0.261. The molecular formula is C23H25N5O. The molecule has 6 heteroatoms. The smallest absolute Gasteiger partial charge is 0.276 e. The highest BCUT2D eigenvalue weighted by Gasteiger charge is 2.19. The number of amides is 1. The third kappa shape index (κ3) is 4.21. The maximum absolute atomic E-state index is 12.5. The summed E-state index contributed by atoms with van der Waals surface area (Å²) in [4.78, 5) is 17.1. The number of nitrogens with one attached hydrogen (secondary N) is 1. The van der Waals surface area contributed by atoms with E-state index >= 15 is 0 Å². The first-order valence-corrected chi connectivity index (χ1v) is 9.88. The molecule has 1 aliphatic heterocycles. The van der Waals surface area contributed by atoms with Crippen LogP contribution in [0.25, 0.3) is 0 Å². The van der Waals surface area contributed by atoms with Crippen LogP contribution in [0, 0.1) is 13.8 Å². The molecule has 29 heavy (non-hydrogen) atoms. The predicted molar refractivity (Wildman–Crippen MR) is 117 cm³/mol. The van der Waals surface area contributed by atoms with Crippen LogP contribution in [0.4, 0.5) is 17.2 Å². The normalized spacial score (nSPS) is 14.0. The first kappa shape index (κ1) is 18.9. The van der Waals surface area contributed by atoms with Crippen molar-refractivity contribution in [3.05, 3.63) is 77.5 Å². The second-order valence-corrected chi connectivity index (χ2v) is 7.29. The third-order valence-corrected chi connectivity index (χ3v) is 5.46. The Morgan fingerprint density at radius 2 is 1.55 bits per heavy atom. The molecule has 0 aliphatic carbocycles. The number of hydrogen-bond donors (Lipinski definition) is 1. The molecule has 4 rings (SSSR count). The maximum Gasteiger partial charge on any atom is 0.276 e. The number of rotatable bonds is 4. The lowest BCUT2D eigenvalue weighted by atomic mass is 10.1. The zero-order valence-corrected chi connectivity index (χ0v) is 16.8. The number of piperazine rings is 1. The number of hydrogen-bond acceptors (Lipinski definition) is 5. The standard InChI is InChI=1S/C23H25N5O/c1-17-7-6-10-20(18(17)2)24-23(29)21-11-12-22(26-25-21)28-15-13-27(14-16-28)19-8-4-3-5-9-19/h3-12H,13-16H2,1-2H3,(H,24,29). The van der Waals surface area contributed by atoms with Crippen LogP contribution in [0.1, 0.15) is 21.6 Å². The highest BCUT2D eigenvalue weighted by Crippen LogP contribution is 2.20. The predicted octanol–water partition coefficient (Wildman–Crippen LogP) is 3.67. The quantitative estimate of drug-likeness (QED) is 0.740. The van der Waals surface area contributed by atoms with Crippen molar-refractivity contribution >= 4 is 23.1 Å². The van der Waals surface area contributed by atoms with Gasteiger partial charge in [0.05, 0.1) is 0 Å². The second kappa shape index (κ2) is 8.31. The minimum Gasteiger partial charge on any atom is -0.368 e. The van der Waals surface area contributed by atoms with E-state index < -0.39 is 0 Å². The minimum atomic E-state index is -0.244. The minimum absolute atomic E-state index is 0.244. The molecule has 1 fully saturated rings. The topological polar surface area (TPSA) is 61.4 Å². The average Bonchev–Trinajstić information content (AvgIpc) is 2.78. The van der Waals surface area contributed by atoms with Gasteiger partial charge in [-0.05, 0) is 55.3 Å². The van der Waals surface area contributed by atoms with Crippen LogP contribution in [0.3, 0.4) is 0 Å². The zero-order valence-electron chi connectivity index (χ0n) is 16.8. The van der Waals surface area contributed by atoms with Crippen LogP contribution >= 0.6 is 0 Å². The van der Waals surface area contributed by atoms with Gasteiger partial charge in [0.1, 0.15) is 0 Å². The lowest BCUT2D eigenvalue weighted by Gasteiger charge is -2.36. The highest BCUT2D eigenvalue weighted by molar-refractivity contribution is 6.03. The Balaban J connectivity index is 1.38. The summed E-state index contributed by atoms with van der Waals surface area (Å²) < 4.78 is 0. The van der Waals surface area contributed by atoms with Gasteiger partial charge in [0, 0.05) is 37.6 Å². The van der Waals surface area contributed by atoms with E-state index in [0.29, 0.717) is 5.69 Å². The molecule has 0 radical (unpaired) electrons. The van der Waals surface area contributed by atoms with Gasteiger partial charge in [-0.1, -0.05) is 30.3 Å². The lowest BCUT2D eigenvalue weighted by molar-refractivity contribution is 0.102. The molecule has 1 aromatic heterocycles. The first-order chi connectivity index (χ1) is 14.1. The summed E-state index contributed by atoms with van der Waals surface area (Å²) >= 11 is 0. The molecule has 6 nitrogen and oxygen atoms in total. The molecule has 1 amide bonds. The number of anilines is 3. The summed E-state index contributed by atoms with van der Waals surface area (Å²) in [6, 6.07) is 19.9.